The lowest BCUT2D eigenvalue weighted by Crippen LogP contribution is -2.62. The van der Waals surface area contributed by atoms with Crippen LogP contribution in [-0.4, -0.2) is 67.3 Å². The van der Waals surface area contributed by atoms with Crippen LogP contribution in [0.25, 0.3) is 0 Å². The first kappa shape index (κ1) is 15.2. The molecule has 0 spiro atoms. The Morgan fingerprint density at radius 2 is 1.89 bits per heavy atom. The van der Waals surface area contributed by atoms with Gasteiger partial charge in [-0.1, -0.05) is 6.92 Å². The number of hydrogen-bond acceptors (Lipinski definition) is 4. The van der Waals surface area contributed by atoms with E-state index in [1.807, 2.05) is 0 Å². The highest BCUT2D eigenvalue weighted by molar-refractivity contribution is 5.06. The van der Waals surface area contributed by atoms with Gasteiger partial charge in [-0.05, 0) is 46.2 Å². The Morgan fingerprint density at radius 3 is 2.37 bits per heavy atom. The number of nitrogens with two attached hydrogens (primary N) is 1. The standard InChI is InChI=1S/C15H31N3O/c1-4-18(8-9-19-5-2)15(12-16)10-13-6-7-14(11-15)17(13)3/h13-14H,4-12,16H2,1-3H3. The van der Waals surface area contributed by atoms with Crippen LogP contribution in [0.4, 0.5) is 0 Å². The predicted molar refractivity (Wildman–Crippen MR) is 79.3 cm³/mol. The molecule has 2 atom stereocenters. The van der Waals surface area contributed by atoms with Gasteiger partial charge in [0, 0.05) is 37.3 Å². The molecule has 0 radical (unpaired) electrons. The van der Waals surface area contributed by atoms with Crippen molar-refractivity contribution in [2.75, 3.05) is 39.9 Å². The Balaban J connectivity index is 2.04. The van der Waals surface area contributed by atoms with Crippen molar-refractivity contribution in [3.63, 3.8) is 0 Å². The van der Waals surface area contributed by atoms with Crippen molar-refractivity contribution in [1.29, 1.82) is 0 Å². The first-order valence-corrected chi connectivity index (χ1v) is 7.91. The second-order valence-electron chi connectivity index (χ2n) is 6.16. The summed E-state index contributed by atoms with van der Waals surface area (Å²) in [5.41, 5.74) is 6.43. The van der Waals surface area contributed by atoms with E-state index in [2.05, 4.69) is 30.7 Å². The Morgan fingerprint density at radius 1 is 1.26 bits per heavy atom. The Bertz CT molecular complexity index is 271. The van der Waals surface area contributed by atoms with Gasteiger partial charge in [0.25, 0.3) is 0 Å². The molecule has 4 heteroatoms. The smallest absolute Gasteiger partial charge is 0.0593 e. The molecule has 0 aromatic carbocycles. The maximum atomic E-state index is 6.22. The van der Waals surface area contributed by atoms with E-state index in [-0.39, 0.29) is 5.54 Å². The molecule has 2 unspecified atom stereocenters. The predicted octanol–water partition coefficient (Wildman–Crippen LogP) is 1.30. The minimum Gasteiger partial charge on any atom is -0.380 e. The lowest BCUT2D eigenvalue weighted by molar-refractivity contribution is -0.0113. The monoisotopic (exact) mass is 269 g/mol. The third kappa shape index (κ3) is 2.97. The molecule has 4 nitrogen and oxygen atoms in total. The molecule has 2 N–H and O–H groups in total. The summed E-state index contributed by atoms with van der Waals surface area (Å²) >= 11 is 0. The van der Waals surface area contributed by atoms with Gasteiger partial charge in [-0.3, -0.25) is 4.90 Å². The van der Waals surface area contributed by atoms with Gasteiger partial charge < -0.3 is 15.4 Å². The van der Waals surface area contributed by atoms with Crippen LogP contribution >= 0.6 is 0 Å². The van der Waals surface area contributed by atoms with Gasteiger partial charge in [-0.2, -0.15) is 0 Å². The van der Waals surface area contributed by atoms with E-state index in [0.717, 1.165) is 44.9 Å². The van der Waals surface area contributed by atoms with Gasteiger partial charge in [0.05, 0.1) is 6.61 Å². The number of piperidine rings is 1. The van der Waals surface area contributed by atoms with Gasteiger partial charge in [0.1, 0.15) is 0 Å². The summed E-state index contributed by atoms with van der Waals surface area (Å²) in [6, 6.07) is 1.48. The average Bonchev–Trinajstić information content (AvgIpc) is 2.67. The molecule has 2 aliphatic heterocycles. The number of fused-ring (bicyclic) bond motifs is 2. The summed E-state index contributed by atoms with van der Waals surface area (Å²) in [7, 11) is 2.29. The molecule has 0 aromatic heterocycles. The normalized spacial score (nSPS) is 35.2. The maximum absolute atomic E-state index is 6.22. The van der Waals surface area contributed by atoms with Gasteiger partial charge in [-0.25, -0.2) is 0 Å². The van der Waals surface area contributed by atoms with E-state index in [0.29, 0.717) is 0 Å². The third-order valence-corrected chi connectivity index (χ3v) is 5.36. The minimum atomic E-state index is 0.212. The molecule has 2 heterocycles. The molecule has 2 rings (SSSR count). The van der Waals surface area contributed by atoms with E-state index < -0.39 is 0 Å². The minimum absolute atomic E-state index is 0.212. The highest BCUT2D eigenvalue weighted by Gasteiger charge is 2.48. The van der Waals surface area contributed by atoms with Crippen LogP contribution in [0.5, 0.6) is 0 Å². The molecule has 2 aliphatic rings. The molecule has 112 valence electrons. The van der Waals surface area contributed by atoms with E-state index in [9.17, 15) is 0 Å². The lowest BCUT2D eigenvalue weighted by Gasteiger charge is -2.51. The van der Waals surface area contributed by atoms with Gasteiger partial charge in [0.2, 0.25) is 0 Å². The van der Waals surface area contributed by atoms with Crippen molar-refractivity contribution in [1.82, 2.24) is 9.80 Å². The number of nitrogens with zero attached hydrogens (tertiary/aromatic N) is 2. The van der Waals surface area contributed by atoms with Gasteiger partial charge in [-0.15, -0.1) is 0 Å². The van der Waals surface area contributed by atoms with Crippen molar-refractivity contribution in [2.24, 2.45) is 5.73 Å². The van der Waals surface area contributed by atoms with E-state index in [1.165, 1.54) is 25.7 Å². The summed E-state index contributed by atoms with van der Waals surface area (Å²) in [4.78, 5) is 5.17. The number of hydrogen-bond donors (Lipinski definition) is 1. The molecule has 0 aliphatic carbocycles. The number of likely N-dealkylation sites (N-methyl/N-ethyl adjacent to an activating group) is 1. The Hall–Kier alpha value is -0.160. The molecule has 0 aromatic rings. The van der Waals surface area contributed by atoms with E-state index in [1.54, 1.807) is 0 Å². The summed E-state index contributed by atoms with van der Waals surface area (Å²) < 4.78 is 5.54. The topological polar surface area (TPSA) is 41.7 Å². The van der Waals surface area contributed by atoms with E-state index in [4.69, 9.17) is 10.5 Å². The van der Waals surface area contributed by atoms with Crippen LogP contribution in [0, 0.1) is 0 Å². The number of ether oxygens (including phenoxy) is 1. The summed E-state index contributed by atoms with van der Waals surface area (Å²) in [6.45, 7) is 8.83. The summed E-state index contributed by atoms with van der Waals surface area (Å²) in [5.74, 6) is 0. The third-order valence-electron chi connectivity index (χ3n) is 5.36. The number of rotatable bonds is 7. The highest BCUT2D eigenvalue weighted by atomic mass is 16.5. The van der Waals surface area contributed by atoms with Crippen LogP contribution in [0.15, 0.2) is 0 Å². The van der Waals surface area contributed by atoms with Crippen molar-refractivity contribution in [3.8, 4) is 0 Å². The highest BCUT2D eigenvalue weighted by Crippen LogP contribution is 2.42. The van der Waals surface area contributed by atoms with Crippen LogP contribution in [-0.2, 0) is 4.74 Å². The fourth-order valence-electron chi connectivity index (χ4n) is 4.15. The van der Waals surface area contributed by atoms with Crippen molar-refractivity contribution in [3.05, 3.63) is 0 Å². The molecular formula is C15H31N3O. The molecule has 0 saturated carbocycles. The Labute approximate surface area is 118 Å². The zero-order chi connectivity index (χ0) is 13.9. The van der Waals surface area contributed by atoms with Crippen LogP contribution in [0.1, 0.15) is 39.5 Å². The lowest BCUT2D eigenvalue weighted by atomic mass is 9.81. The second kappa shape index (κ2) is 6.53. The van der Waals surface area contributed by atoms with Gasteiger partial charge in [0.15, 0.2) is 0 Å². The first-order chi connectivity index (χ1) is 9.16. The first-order valence-electron chi connectivity index (χ1n) is 7.91. The second-order valence-corrected chi connectivity index (χ2v) is 6.16. The summed E-state index contributed by atoms with van der Waals surface area (Å²) in [6.07, 6.45) is 5.17. The molecule has 0 amide bonds. The summed E-state index contributed by atoms with van der Waals surface area (Å²) in [5, 5.41) is 0. The van der Waals surface area contributed by atoms with Crippen molar-refractivity contribution < 1.29 is 4.74 Å². The molecule has 2 saturated heterocycles. The SMILES string of the molecule is CCOCCN(CC)C1(CN)CC2CCC(C1)N2C. The van der Waals surface area contributed by atoms with Crippen molar-refractivity contribution in [2.45, 2.75) is 57.2 Å². The largest absolute Gasteiger partial charge is 0.380 e. The molecule has 2 fully saturated rings. The molecule has 19 heavy (non-hydrogen) atoms. The zero-order valence-electron chi connectivity index (χ0n) is 12.9. The molecule has 2 bridgehead atoms. The van der Waals surface area contributed by atoms with E-state index >= 15 is 0 Å². The van der Waals surface area contributed by atoms with Gasteiger partial charge >= 0.3 is 0 Å². The van der Waals surface area contributed by atoms with Crippen molar-refractivity contribution >= 4 is 0 Å². The Kier molecular flexibility index (Phi) is 5.23. The van der Waals surface area contributed by atoms with Crippen LogP contribution in [0.3, 0.4) is 0 Å². The quantitative estimate of drug-likeness (QED) is 0.707. The zero-order valence-corrected chi connectivity index (χ0v) is 12.9. The van der Waals surface area contributed by atoms with Crippen LogP contribution < -0.4 is 5.73 Å². The average molecular weight is 269 g/mol. The maximum Gasteiger partial charge on any atom is 0.0593 e. The fraction of sp³-hybridized carbons (Fsp3) is 1.00. The van der Waals surface area contributed by atoms with Crippen LogP contribution in [0.2, 0.25) is 0 Å². The molecular weight excluding hydrogens is 238 g/mol. The fourth-order valence-corrected chi connectivity index (χ4v) is 4.15.